The van der Waals surface area contributed by atoms with E-state index in [0.29, 0.717) is 26.1 Å². The monoisotopic (exact) mass is 256 g/mol. The summed E-state index contributed by atoms with van der Waals surface area (Å²) in [5.74, 6) is 0.145. The molecule has 5 heteroatoms. The van der Waals surface area contributed by atoms with Crippen LogP contribution in [0.3, 0.4) is 0 Å². The number of amides is 2. The Bertz CT molecular complexity index is 323. The smallest absolute Gasteiger partial charge is 0.410 e. The van der Waals surface area contributed by atoms with Crippen molar-refractivity contribution in [3.63, 3.8) is 0 Å². The van der Waals surface area contributed by atoms with E-state index in [1.807, 2.05) is 39.5 Å². The van der Waals surface area contributed by atoms with Gasteiger partial charge in [0.05, 0.1) is 0 Å². The van der Waals surface area contributed by atoms with Gasteiger partial charge in [-0.1, -0.05) is 6.92 Å². The summed E-state index contributed by atoms with van der Waals surface area (Å²) in [6.07, 6.45) is 0.217. The first-order valence-corrected chi connectivity index (χ1v) is 6.52. The first-order chi connectivity index (χ1) is 8.24. The molecule has 1 fully saturated rings. The van der Waals surface area contributed by atoms with E-state index in [1.54, 1.807) is 4.90 Å². The highest BCUT2D eigenvalue weighted by Crippen LogP contribution is 2.15. The van der Waals surface area contributed by atoms with Crippen LogP contribution in [0.4, 0.5) is 4.79 Å². The summed E-state index contributed by atoms with van der Waals surface area (Å²) in [4.78, 5) is 27.1. The molecule has 1 atom stereocenters. The summed E-state index contributed by atoms with van der Waals surface area (Å²) < 4.78 is 5.33. The van der Waals surface area contributed by atoms with Crippen molar-refractivity contribution >= 4 is 12.0 Å². The minimum absolute atomic E-state index is 0.0544. The quantitative estimate of drug-likeness (QED) is 0.719. The van der Waals surface area contributed by atoms with Gasteiger partial charge in [-0.25, -0.2) is 4.79 Å². The molecule has 0 spiro atoms. The number of hydrogen-bond acceptors (Lipinski definition) is 3. The Morgan fingerprint density at radius 1 is 1.28 bits per heavy atom. The third-order valence-electron chi connectivity index (χ3n) is 2.90. The summed E-state index contributed by atoms with van der Waals surface area (Å²) in [6, 6.07) is 0.0544. The van der Waals surface area contributed by atoms with Crippen LogP contribution in [-0.4, -0.2) is 53.1 Å². The fraction of sp³-hybridized carbons (Fsp3) is 0.846. The van der Waals surface area contributed by atoms with Crippen LogP contribution in [0.25, 0.3) is 0 Å². The zero-order valence-electron chi connectivity index (χ0n) is 12.0. The number of carbonyl (C=O) groups is 2. The SMILES string of the molecule is CCC(=O)N1CCN(C(=O)OC(C)(C)C)CC1C. The molecule has 0 aliphatic carbocycles. The van der Waals surface area contributed by atoms with Crippen LogP contribution in [0, 0.1) is 0 Å². The Kier molecular flexibility index (Phi) is 4.59. The van der Waals surface area contributed by atoms with Crippen LogP contribution >= 0.6 is 0 Å². The van der Waals surface area contributed by atoms with Crippen LogP contribution in [0.2, 0.25) is 0 Å². The lowest BCUT2D eigenvalue weighted by molar-refractivity contribution is -0.135. The van der Waals surface area contributed by atoms with Gasteiger partial charge in [0.15, 0.2) is 0 Å². The highest BCUT2D eigenvalue weighted by Gasteiger charge is 2.31. The van der Waals surface area contributed by atoms with Gasteiger partial charge in [0.25, 0.3) is 0 Å². The molecule has 1 rings (SSSR count). The average molecular weight is 256 g/mol. The summed E-state index contributed by atoms with van der Waals surface area (Å²) >= 11 is 0. The highest BCUT2D eigenvalue weighted by molar-refractivity contribution is 5.76. The Morgan fingerprint density at radius 3 is 2.33 bits per heavy atom. The van der Waals surface area contributed by atoms with E-state index >= 15 is 0 Å². The third kappa shape index (κ3) is 3.89. The van der Waals surface area contributed by atoms with E-state index in [2.05, 4.69) is 0 Å². The number of piperazine rings is 1. The normalized spacial score (nSPS) is 20.8. The maximum atomic E-state index is 11.9. The Balaban J connectivity index is 2.55. The van der Waals surface area contributed by atoms with E-state index in [-0.39, 0.29) is 18.0 Å². The van der Waals surface area contributed by atoms with Gasteiger partial charge in [0.2, 0.25) is 5.91 Å². The van der Waals surface area contributed by atoms with E-state index in [4.69, 9.17) is 4.74 Å². The van der Waals surface area contributed by atoms with Crippen molar-refractivity contribution in [2.75, 3.05) is 19.6 Å². The molecule has 5 nitrogen and oxygen atoms in total. The fourth-order valence-electron chi connectivity index (χ4n) is 2.02. The second kappa shape index (κ2) is 5.59. The molecule has 1 aliphatic heterocycles. The molecule has 0 aromatic carbocycles. The minimum atomic E-state index is -0.476. The zero-order valence-corrected chi connectivity index (χ0v) is 12.0. The van der Waals surface area contributed by atoms with Gasteiger partial charge in [-0.3, -0.25) is 4.79 Å². The summed E-state index contributed by atoms with van der Waals surface area (Å²) in [6.45, 7) is 11.1. The van der Waals surface area contributed by atoms with Gasteiger partial charge in [-0.05, 0) is 27.7 Å². The first kappa shape index (κ1) is 14.8. The minimum Gasteiger partial charge on any atom is -0.444 e. The topological polar surface area (TPSA) is 49.9 Å². The molecule has 0 aromatic heterocycles. The van der Waals surface area contributed by atoms with Gasteiger partial charge in [0.1, 0.15) is 5.60 Å². The molecule has 18 heavy (non-hydrogen) atoms. The number of rotatable bonds is 1. The number of nitrogens with zero attached hydrogens (tertiary/aromatic N) is 2. The summed E-state index contributed by atoms with van der Waals surface area (Å²) in [5.41, 5.74) is -0.476. The lowest BCUT2D eigenvalue weighted by atomic mass is 10.2. The van der Waals surface area contributed by atoms with Gasteiger partial charge < -0.3 is 14.5 Å². The summed E-state index contributed by atoms with van der Waals surface area (Å²) in [7, 11) is 0. The van der Waals surface area contributed by atoms with Gasteiger partial charge in [-0.2, -0.15) is 0 Å². The molecule has 0 bridgehead atoms. The standard InChI is InChI=1S/C13H24N2O3/c1-6-11(16)15-8-7-14(9-10(15)2)12(17)18-13(3,4)5/h10H,6-9H2,1-5H3. The Labute approximate surface area is 109 Å². The molecule has 2 amide bonds. The van der Waals surface area contributed by atoms with E-state index in [0.717, 1.165) is 0 Å². The van der Waals surface area contributed by atoms with Crippen molar-refractivity contribution in [2.24, 2.45) is 0 Å². The van der Waals surface area contributed by atoms with Crippen molar-refractivity contribution in [3.05, 3.63) is 0 Å². The molecule has 104 valence electrons. The van der Waals surface area contributed by atoms with Crippen LogP contribution < -0.4 is 0 Å². The van der Waals surface area contributed by atoms with Gasteiger partial charge in [-0.15, -0.1) is 0 Å². The van der Waals surface area contributed by atoms with E-state index in [9.17, 15) is 9.59 Å². The molecule has 1 unspecified atom stereocenters. The fourth-order valence-corrected chi connectivity index (χ4v) is 2.02. The summed E-state index contributed by atoms with van der Waals surface area (Å²) in [5, 5.41) is 0. The van der Waals surface area contributed by atoms with Crippen molar-refractivity contribution in [1.29, 1.82) is 0 Å². The Hall–Kier alpha value is -1.26. The molecule has 0 aromatic rings. The Morgan fingerprint density at radius 2 is 1.89 bits per heavy atom. The molecule has 0 radical (unpaired) electrons. The second-order valence-corrected chi connectivity index (χ2v) is 5.72. The third-order valence-corrected chi connectivity index (χ3v) is 2.90. The highest BCUT2D eigenvalue weighted by atomic mass is 16.6. The van der Waals surface area contributed by atoms with Crippen LogP contribution in [0.1, 0.15) is 41.0 Å². The van der Waals surface area contributed by atoms with E-state index < -0.39 is 5.60 Å². The maximum Gasteiger partial charge on any atom is 0.410 e. The van der Waals surface area contributed by atoms with Crippen molar-refractivity contribution in [2.45, 2.75) is 52.7 Å². The first-order valence-electron chi connectivity index (χ1n) is 6.52. The van der Waals surface area contributed by atoms with Crippen molar-refractivity contribution in [1.82, 2.24) is 9.80 Å². The molecular formula is C13H24N2O3. The number of hydrogen-bond donors (Lipinski definition) is 0. The molecule has 1 heterocycles. The van der Waals surface area contributed by atoms with E-state index in [1.165, 1.54) is 0 Å². The van der Waals surface area contributed by atoms with Crippen LogP contribution in [0.5, 0.6) is 0 Å². The van der Waals surface area contributed by atoms with Gasteiger partial charge in [0, 0.05) is 32.1 Å². The lowest BCUT2D eigenvalue weighted by Gasteiger charge is -2.40. The predicted molar refractivity (Wildman–Crippen MR) is 69.3 cm³/mol. The maximum absolute atomic E-state index is 11.9. The largest absolute Gasteiger partial charge is 0.444 e. The molecule has 1 saturated heterocycles. The van der Waals surface area contributed by atoms with Crippen LogP contribution in [0.15, 0.2) is 0 Å². The molecular weight excluding hydrogens is 232 g/mol. The van der Waals surface area contributed by atoms with Crippen LogP contribution in [-0.2, 0) is 9.53 Å². The lowest BCUT2D eigenvalue weighted by Crippen LogP contribution is -2.56. The molecule has 1 aliphatic rings. The zero-order chi connectivity index (χ0) is 13.9. The number of carbonyl (C=O) groups excluding carboxylic acids is 2. The molecule has 0 saturated carbocycles. The number of ether oxygens (including phenoxy) is 1. The second-order valence-electron chi connectivity index (χ2n) is 5.72. The van der Waals surface area contributed by atoms with Crippen molar-refractivity contribution < 1.29 is 14.3 Å². The van der Waals surface area contributed by atoms with Crippen molar-refractivity contribution in [3.8, 4) is 0 Å². The van der Waals surface area contributed by atoms with Gasteiger partial charge >= 0.3 is 6.09 Å². The molecule has 0 N–H and O–H groups in total. The predicted octanol–water partition coefficient (Wildman–Crippen LogP) is 1.86. The average Bonchev–Trinajstić information content (AvgIpc) is 2.25.